The number of rotatable bonds is 1. The SMILES string of the molecule is NC(=O)C1=CN2COCC3=CC=CC(C1)C32. The molecule has 1 saturated heterocycles. The average molecular weight is 218 g/mol. The molecule has 2 heterocycles. The van der Waals surface area contributed by atoms with Crippen LogP contribution in [0.1, 0.15) is 6.42 Å². The van der Waals surface area contributed by atoms with Crippen LogP contribution >= 0.6 is 0 Å². The average Bonchev–Trinajstić information content (AvgIpc) is 2.29. The Bertz CT molecular complexity index is 423. The molecule has 84 valence electrons. The van der Waals surface area contributed by atoms with E-state index in [1.54, 1.807) is 0 Å². The zero-order chi connectivity index (χ0) is 11.1. The summed E-state index contributed by atoms with van der Waals surface area (Å²) in [6.45, 7) is 1.24. The number of nitrogens with zero attached hydrogens (tertiary/aromatic N) is 1. The zero-order valence-corrected chi connectivity index (χ0v) is 8.93. The number of hydrogen-bond acceptors (Lipinski definition) is 3. The molecule has 0 spiro atoms. The summed E-state index contributed by atoms with van der Waals surface area (Å²) < 4.78 is 5.48. The van der Waals surface area contributed by atoms with Crippen LogP contribution in [0.3, 0.4) is 0 Å². The van der Waals surface area contributed by atoms with Crippen molar-refractivity contribution in [3.05, 3.63) is 35.6 Å². The predicted octanol–water partition coefficient (Wildman–Crippen LogP) is 0.530. The normalized spacial score (nSPS) is 31.6. The Morgan fingerprint density at radius 2 is 2.44 bits per heavy atom. The first-order chi connectivity index (χ1) is 7.75. The van der Waals surface area contributed by atoms with Gasteiger partial charge in [-0.15, -0.1) is 0 Å². The number of hydrogen-bond donors (Lipinski definition) is 1. The quantitative estimate of drug-likeness (QED) is 0.698. The molecule has 2 N–H and O–H groups in total. The maximum absolute atomic E-state index is 11.2. The van der Waals surface area contributed by atoms with Crippen molar-refractivity contribution in [1.29, 1.82) is 0 Å². The summed E-state index contributed by atoms with van der Waals surface area (Å²) >= 11 is 0. The molecule has 0 aromatic rings. The van der Waals surface area contributed by atoms with Gasteiger partial charge in [0.05, 0.1) is 12.6 Å². The van der Waals surface area contributed by atoms with Crippen molar-refractivity contribution in [2.75, 3.05) is 13.3 Å². The third kappa shape index (κ3) is 1.38. The van der Waals surface area contributed by atoms with Crippen LogP contribution in [0.5, 0.6) is 0 Å². The first-order valence-electron chi connectivity index (χ1n) is 5.47. The summed E-state index contributed by atoms with van der Waals surface area (Å²) in [5, 5.41) is 0. The molecule has 1 aliphatic carbocycles. The van der Waals surface area contributed by atoms with E-state index < -0.39 is 0 Å². The lowest BCUT2D eigenvalue weighted by Crippen LogP contribution is -2.48. The number of allylic oxidation sites excluding steroid dienone is 2. The Balaban J connectivity index is 1.99. The van der Waals surface area contributed by atoms with Crippen molar-refractivity contribution in [2.24, 2.45) is 11.7 Å². The molecule has 1 fully saturated rings. The van der Waals surface area contributed by atoms with Gasteiger partial charge in [0.25, 0.3) is 0 Å². The van der Waals surface area contributed by atoms with Crippen molar-refractivity contribution in [2.45, 2.75) is 12.5 Å². The molecule has 2 unspecified atom stereocenters. The van der Waals surface area contributed by atoms with Gasteiger partial charge in [-0.05, 0) is 12.0 Å². The molecule has 0 bridgehead atoms. The summed E-state index contributed by atoms with van der Waals surface area (Å²) in [6, 6.07) is 0.363. The van der Waals surface area contributed by atoms with Crippen LogP contribution in [-0.4, -0.2) is 30.2 Å². The van der Waals surface area contributed by atoms with Crippen molar-refractivity contribution >= 4 is 5.91 Å². The van der Waals surface area contributed by atoms with Crippen LogP contribution in [-0.2, 0) is 9.53 Å². The summed E-state index contributed by atoms with van der Waals surface area (Å²) in [5.41, 5.74) is 7.33. The standard InChI is InChI=1S/C12H14N2O2/c13-12(15)10-4-8-2-1-3-9-6-16-7-14(5-10)11(8)9/h1-3,5,8,11H,4,6-7H2,(H2,13,15). The molecule has 4 heteroatoms. The highest BCUT2D eigenvalue weighted by Crippen LogP contribution is 2.36. The van der Waals surface area contributed by atoms with E-state index in [-0.39, 0.29) is 5.91 Å². The van der Waals surface area contributed by atoms with Gasteiger partial charge >= 0.3 is 0 Å². The van der Waals surface area contributed by atoms with Crippen LogP contribution < -0.4 is 5.73 Å². The summed E-state index contributed by atoms with van der Waals surface area (Å²) in [6.07, 6.45) is 8.91. The van der Waals surface area contributed by atoms with Gasteiger partial charge in [-0.1, -0.05) is 18.2 Å². The van der Waals surface area contributed by atoms with Crippen molar-refractivity contribution in [3.63, 3.8) is 0 Å². The van der Waals surface area contributed by atoms with Gasteiger partial charge in [0.1, 0.15) is 6.73 Å². The highest BCUT2D eigenvalue weighted by molar-refractivity contribution is 5.92. The number of carbonyl (C=O) groups excluding carboxylic acids is 1. The molecule has 0 aromatic heterocycles. The van der Waals surface area contributed by atoms with Crippen LogP contribution in [0.15, 0.2) is 35.6 Å². The predicted molar refractivity (Wildman–Crippen MR) is 59.1 cm³/mol. The third-order valence-electron chi connectivity index (χ3n) is 3.41. The molecule has 1 amide bonds. The van der Waals surface area contributed by atoms with Crippen molar-refractivity contribution in [3.8, 4) is 0 Å². The lowest BCUT2D eigenvalue weighted by Gasteiger charge is -2.44. The number of carbonyl (C=O) groups is 1. The van der Waals surface area contributed by atoms with Crippen LogP contribution in [0.25, 0.3) is 0 Å². The number of primary amides is 1. The highest BCUT2D eigenvalue weighted by atomic mass is 16.5. The molecule has 0 radical (unpaired) electrons. The van der Waals surface area contributed by atoms with E-state index >= 15 is 0 Å². The summed E-state index contributed by atoms with van der Waals surface area (Å²) in [5.74, 6) is 0.0323. The Hall–Kier alpha value is -1.55. The molecule has 0 aromatic carbocycles. The smallest absolute Gasteiger partial charge is 0.246 e. The molecule has 16 heavy (non-hydrogen) atoms. The summed E-state index contributed by atoms with van der Waals surface area (Å²) in [7, 11) is 0. The number of amides is 1. The fourth-order valence-corrected chi connectivity index (χ4v) is 2.71. The topological polar surface area (TPSA) is 55.6 Å². The monoisotopic (exact) mass is 218 g/mol. The van der Waals surface area contributed by atoms with E-state index in [1.807, 2.05) is 12.3 Å². The molecule has 4 nitrogen and oxygen atoms in total. The zero-order valence-electron chi connectivity index (χ0n) is 8.93. The Morgan fingerprint density at radius 3 is 3.25 bits per heavy atom. The molecule has 3 rings (SSSR count). The Morgan fingerprint density at radius 1 is 1.56 bits per heavy atom. The van der Waals surface area contributed by atoms with Crippen LogP contribution in [0.4, 0.5) is 0 Å². The van der Waals surface area contributed by atoms with E-state index in [1.165, 1.54) is 5.57 Å². The van der Waals surface area contributed by atoms with Crippen LogP contribution in [0, 0.1) is 5.92 Å². The largest absolute Gasteiger partial charge is 0.366 e. The molecule has 0 saturated carbocycles. The minimum atomic E-state index is -0.325. The number of ether oxygens (including phenoxy) is 1. The van der Waals surface area contributed by atoms with E-state index in [4.69, 9.17) is 10.5 Å². The molecule has 2 atom stereocenters. The van der Waals surface area contributed by atoms with Crippen molar-refractivity contribution < 1.29 is 9.53 Å². The van der Waals surface area contributed by atoms with E-state index in [0.29, 0.717) is 30.9 Å². The lowest BCUT2D eigenvalue weighted by molar-refractivity contribution is -0.115. The Labute approximate surface area is 94.0 Å². The molecular weight excluding hydrogens is 204 g/mol. The minimum absolute atomic E-state index is 0.325. The van der Waals surface area contributed by atoms with Gasteiger partial charge in [0, 0.05) is 17.7 Å². The third-order valence-corrected chi connectivity index (χ3v) is 3.41. The second-order valence-electron chi connectivity index (χ2n) is 4.45. The van der Waals surface area contributed by atoms with Gasteiger partial charge in [0.2, 0.25) is 5.91 Å². The second-order valence-corrected chi connectivity index (χ2v) is 4.45. The molecule has 2 aliphatic heterocycles. The maximum atomic E-state index is 11.2. The van der Waals surface area contributed by atoms with Gasteiger partial charge < -0.3 is 15.4 Å². The molecule has 3 aliphatic rings. The second kappa shape index (κ2) is 3.49. The fourth-order valence-electron chi connectivity index (χ4n) is 2.71. The summed E-state index contributed by atoms with van der Waals surface area (Å²) in [4.78, 5) is 13.3. The Kier molecular flexibility index (Phi) is 2.11. The number of nitrogens with two attached hydrogens (primary N) is 1. The van der Waals surface area contributed by atoms with E-state index in [2.05, 4.69) is 17.1 Å². The van der Waals surface area contributed by atoms with Gasteiger partial charge in [-0.2, -0.15) is 0 Å². The first-order valence-corrected chi connectivity index (χ1v) is 5.47. The van der Waals surface area contributed by atoms with Crippen LogP contribution in [0.2, 0.25) is 0 Å². The minimum Gasteiger partial charge on any atom is -0.366 e. The van der Waals surface area contributed by atoms with Gasteiger partial charge in [-0.25, -0.2) is 0 Å². The lowest BCUT2D eigenvalue weighted by atomic mass is 9.80. The fraction of sp³-hybridized carbons (Fsp3) is 0.417. The highest BCUT2D eigenvalue weighted by Gasteiger charge is 2.37. The van der Waals surface area contributed by atoms with Gasteiger partial charge in [-0.3, -0.25) is 4.79 Å². The first kappa shape index (κ1) is 9.66. The molecular formula is C12H14N2O2. The van der Waals surface area contributed by atoms with E-state index in [0.717, 1.165) is 6.42 Å². The van der Waals surface area contributed by atoms with Gasteiger partial charge in [0.15, 0.2) is 0 Å². The maximum Gasteiger partial charge on any atom is 0.246 e. The van der Waals surface area contributed by atoms with E-state index in [9.17, 15) is 4.79 Å². The van der Waals surface area contributed by atoms with Crippen molar-refractivity contribution in [1.82, 2.24) is 4.90 Å².